The predicted molar refractivity (Wildman–Crippen MR) is 67.6 cm³/mol. The normalized spacial score (nSPS) is 22.1. The minimum atomic E-state index is -0.190. The number of nitrogens with zero attached hydrogens (tertiary/aromatic N) is 1. The van der Waals surface area contributed by atoms with Crippen molar-refractivity contribution in [1.29, 1.82) is 0 Å². The topological polar surface area (TPSA) is 58.6 Å². The van der Waals surface area contributed by atoms with Gasteiger partial charge in [-0.2, -0.15) is 0 Å². The number of hydrogen-bond acceptors (Lipinski definition) is 2. The molecule has 5 heteroatoms. The van der Waals surface area contributed by atoms with Crippen LogP contribution in [-0.2, 0) is 11.2 Å². The van der Waals surface area contributed by atoms with Crippen LogP contribution in [0.1, 0.15) is 18.4 Å². The van der Waals surface area contributed by atoms with Crippen molar-refractivity contribution in [1.82, 2.24) is 4.98 Å². The standard InChI is InChI=1S/C12H14BrN3O/c13-9-5-8-6-12(1-3-14-4-2-12)11(17)16-10(8)15-7-9/h5,7,14H,1-4,6H2,(H,15,16,17)/p+1. The lowest BCUT2D eigenvalue weighted by atomic mass is 9.72. The molecule has 1 aromatic heterocycles. The molecule has 1 amide bonds. The fourth-order valence-corrected chi connectivity index (χ4v) is 3.22. The van der Waals surface area contributed by atoms with Crippen LogP contribution in [0.25, 0.3) is 0 Å². The van der Waals surface area contributed by atoms with Gasteiger partial charge in [-0.15, -0.1) is 0 Å². The van der Waals surface area contributed by atoms with E-state index >= 15 is 0 Å². The van der Waals surface area contributed by atoms with Gasteiger partial charge in [0.1, 0.15) is 5.82 Å². The second-order valence-corrected chi connectivity index (χ2v) is 5.85. The van der Waals surface area contributed by atoms with Crippen LogP contribution in [-0.4, -0.2) is 24.0 Å². The summed E-state index contributed by atoms with van der Waals surface area (Å²) >= 11 is 3.44. The number of nitrogens with one attached hydrogen (secondary N) is 1. The van der Waals surface area contributed by atoms with Gasteiger partial charge < -0.3 is 10.6 Å². The van der Waals surface area contributed by atoms with E-state index in [1.807, 2.05) is 0 Å². The monoisotopic (exact) mass is 296 g/mol. The first-order valence-corrected chi connectivity index (χ1v) is 6.76. The first kappa shape index (κ1) is 11.2. The third-order valence-electron chi connectivity index (χ3n) is 3.83. The number of fused-ring (bicyclic) bond motifs is 1. The largest absolute Gasteiger partial charge is 0.346 e. The van der Waals surface area contributed by atoms with Gasteiger partial charge in [-0.25, -0.2) is 4.98 Å². The van der Waals surface area contributed by atoms with E-state index in [0.29, 0.717) is 0 Å². The molecule has 0 aromatic carbocycles. The Balaban J connectivity index is 1.98. The Hall–Kier alpha value is -0.940. The molecule has 3 rings (SSSR count). The number of quaternary nitrogens is 1. The molecule has 0 unspecified atom stereocenters. The minimum absolute atomic E-state index is 0.160. The number of rotatable bonds is 0. The number of pyridine rings is 1. The highest BCUT2D eigenvalue weighted by Crippen LogP contribution is 2.39. The maximum Gasteiger partial charge on any atom is 0.232 e. The van der Waals surface area contributed by atoms with Crippen molar-refractivity contribution >= 4 is 27.7 Å². The smallest absolute Gasteiger partial charge is 0.232 e. The van der Waals surface area contributed by atoms with Crippen LogP contribution >= 0.6 is 15.9 Å². The van der Waals surface area contributed by atoms with Crippen LogP contribution in [0.4, 0.5) is 5.82 Å². The van der Waals surface area contributed by atoms with Crippen LogP contribution in [0.15, 0.2) is 16.7 Å². The minimum Gasteiger partial charge on any atom is -0.346 e. The lowest BCUT2D eigenvalue weighted by molar-refractivity contribution is -0.666. The van der Waals surface area contributed by atoms with E-state index in [4.69, 9.17) is 0 Å². The van der Waals surface area contributed by atoms with Crippen molar-refractivity contribution in [3.63, 3.8) is 0 Å². The molecule has 1 spiro atoms. The number of hydrogen-bond donors (Lipinski definition) is 2. The maximum atomic E-state index is 12.2. The lowest BCUT2D eigenvalue weighted by Crippen LogP contribution is -2.87. The van der Waals surface area contributed by atoms with Crippen LogP contribution in [0.2, 0.25) is 0 Å². The van der Waals surface area contributed by atoms with Crippen molar-refractivity contribution in [2.75, 3.05) is 18.4 Å². The highest BCUT2D eigenvalue weighted by molar-refractivity contribution is 9.10. The maximum absolute atomic E-state index is 12.2. The van der Waals surface area contributed by atoms with Crippen LogP contribution in [0.5, 0.6) is 0 Å². The summed E-state index contributed by atoms with van der Waals surface area (Å²) in [5.41, 5.74) is 0.963. The molecule has 4 nitrogen and oxygen atoms in total. The van der Waals surface area contributed by atoms with Crippen LogP contribution < -0.4 is 10.6 Å². The third-order valence-corrected chi connectivity index (χ3v) is 4.26. The third kappa shape index (κ3) is 1.87. The molecule has 17 heavy (non-hydrogen) atoms. The van der Waals surface area contributed by atoms with Crippen molar-refractivity contribution in [2.24, 2.45) is 5.41 Å². The molecule has 1 aromatic rings. The Labute approximate surface area is 108 Å². The Kier molecular flexibility index (Phi) is 2.67. The van der Waals surface area contributed by atoms with Gasteiger partial charge in [0.25, 0.3) is 0 Å². The van der Waals surface area contributed by atoms with Crippen molar-refractivity contribution in [3.8, 4) is 0 Å². The summed E-state index contributed by atoms with van der Waals surface area (Å²) in [6.45, 7) is 2.09. The summed E-state index contributed by atoms with van der Waals surface area (Å²) in [6, 6.07) is 2.07. The van der Waals surface area contributed by atoms with Crippen molar-refractivity contribution in [2.45, 2.75) is 19.3 Å². The van der Waals surface area contributed by atoms with Crippen LogP contribution in [0.3, 0.4) is 0 Å². The SMILES string of the molecule is O=C1Nc2ncc(Br)cc2CC12CC[NH2+]CC2. The molecule has 90 valence electrons. The average Bonchev–Trinajstić information content (AvgIpc) is 2.32. The Morgan fingerprint density at radius 2 is 2.18 bits per heavy atom. The number of halogens is 1. The summed E-state index contributed by atoms with van der Waals surface area (Å²) in [4.78, 5) is 16.5. The van der Waals surface area contributed by atoms with Gasteiger partial charge in [-0.05, 0) is 34.0 Å². The first-order valence-electron chi connectivity index (χ1n) is 5.97. The summed E-state index contributed by atoms with van der Waals surface area (Å²) in [5.74, 6) is 0.895. The van der Waals surface area contributed by atoms with Gasteiger partial charge in [-0.3, -0.25) is 4.79 Å². The second kappa shape index (κ2) is 4.07. The molecule has 0 atom stereocenters. The molecule has 0 aliphatic carbocycles. The fourth-order valence-electron chi connectivity index (χ4n) is 2.84. The molecular weight excluding hydrogens is 282 g/mol. The van der Waals surface area contributed by atoms with Crippen LogP contribution in [0, 0.1) is 5.41 Å². The summed E-state index contributed by atoms with van der Waals surface area (Å²) in [6.07, 6.45) is 4.48. The van der Waals surface area contributed by atoms with Gasteiger partial charge in [0.2, 0.25) is 5.91 Å². The Morgan fingerprint density at radius 3 is 2.94 bits per heavy atom. The molecule has 2 aliphatic rings. The summed E-state index contributed by atoms with van der Waals surface area (Å²) < 4.78 is 0.977. The number of carbonyl (C=O) groups excluding carboxylic acids is 1. The zero-order valence-corrected chi connectivity index (χ0v) is 11.1. The molecule has 1 fully saturated rings. The van der Waals surface area contributed by atoms with E-state index in [9.17, 15) is 4.79 Å². The molecule has 2 aliphatic heterocycles. The van der Waals surface area contributed by atoms with Gasteiger partial charge in [0.15, 0.2) is 0 Å². The molecule has 0 bridgehead atoms. The number of anilines is 1. The van der Waals surface area contributed by atoms with E-state index in [1.54, 1.807) is 6.20 Å². The quantitative estimate of drug-likeness (QED) is 0.740. The Bertz CT molecular complexity index is 469. The van der Waals surface area contributed by atoms with E-state index in [1.165, 1.54) is 0 Å². The number of aromatic nitrogens is 1. The van der Waals surface area contributed by atoms with Crippen molar-refractivity contribution < 1.29 is 10.1 Å². The Morgan fingerprint density at radius 1 is 1.41 bits per heavy atom. The average molecular weight is 297 g/mol. The van der Waals surface area contributed by atoms with Gasteiger partial charge in [-0.1, -0.05) is 0 Å². The molecule has 3 heterocycles. The number of nitrogens with two attached hydrogens (primary N) is 1. The van der Waals surface area contributed by atoms with E-state index in [0.717, 1.165) is 48.2 Å². The van der Waals surface area contributed by atoms with Gasteiger partial charge in [0.05, 0.1) is 18.5 Å². The molecule has 1 saturated heterocycles. The molecular formula is C12H15BrN3O+. The number of carbonyl (C=O) groups is 1. The van der Waals surface area contributed by atoms with E-state index in [-0.39, 0.29) is 11.3 Å². The highest BCUT2D eigenvalue weighted by Gasteiger charge is 2.44. The number of piperidine rings is 1. The lowest BCUT2D eigenvalue weighted by Gasteiger charge is -2.38. The molecule has 0 radical (unpaired) electrons. The zero-order valence-electron chi connectivity index (χ0n) is 9.50. The highest BCUT2D eigenvalue weighted by atomic mass is 79.9. The second-order valence-electron chi connectivity index (χ2n) is 4.94. The first-order chi connectivity index (χ1) is 8.20. The van der Waals surface area contributed by atoms with Gasteiger partial charge >= 0.3 is 0 Å². The predicted octanol–water partition coefficient (Wildman–Crippen LogP) is 0.682. The molecule has 3 N–H and O–H groups in total. The zero-order chi connectivity index (χ0) is 11.9. The molecule has 0 saturated carbocycles. The number of amides is 1. The fraction of sp³-hybridized carbons (Fsp3) is 0.500. The van der Waals surface area contributed by atoms with E-state index < -0.39 is 0 Å². The summed E-state index contributed by atoms with van der Waals surface area (Å²) in [5, 5.41) is 5.25. The summed E-state index contributed by atoms with van der Waals surface area (Å²) in [7, 11) is 0. The van der Waals surface area contributed by atoms with Crippen molar-refractivity contribution in [3.05, 3.63) is 22.3 Å². The van der Waals surface area contributed by atoms with Gasteiger partial charge in [0, 0.05) is 23.5 Å². The van der Waals surface area contributed by atoms with E-state index in [2.05, 4.69) is 37.6 Å².